The van der Waals surface area contributed by atoms with Crippen LogP contribution in [0.25, 0.3) is 0 Å². The van der Waals surface area contributed by atoms with E-state index in [9.17, 15) is 19.2 Å². The number of anilines is 1. The van der Waals surface area contributed by atoms with E-state index in [-0.39, 0.29) is 23.2 Å². The van der Waals surface area contributed by atoms with Crippen molar-refractivity contribution >= 4 is 46.9 Å². The first-order chi connectivity index (χ1) is 18.0. The SMILES string of the molecule is O=C(N/N=C/c1ccc(OC(=O)c2cccs2)cc1)C(=O)Nc1ccccc1C(=O)NC1CCCCC1. The van der Waals surface area contributed by atoms with Crippen molar-refractivity contribution < 1.29 is 23.9 Å². The van der Waals surface area contributed by atoms with Gasteiger partial charge in [-0.15, -0.1) is 11.3 Å². The van der Waals surface area contributed by atoms with E-state index in [1.807, 2.05) is 0 Å². The highest BCUT2D eigenvalue weighted by atomic mass is 32.1. The van der Waals surface area contributed by atoms with Crippen molar-refractivity contribution in [1.29, 1.82) is 0 Å². The van der Waals surface area contributed by atoms with Gasteiger partial charge in [-0.1, -0.05) is 37.5 Å². The molecule has 1 aromatic heterocycles. The standard InChI is InChI=1S/C27H26N4O5S/c32-24(29-19-7-2-1-3-8-19)21-9-4-5-10-22(21)30-25(33)26(34)31-28-17-18-12-14-20(15-13-18)36-27(35)23-11-6-16-37-23/h4-6,9-17,19H,1-3,7-8H2,(H,29,32)(H,30,33)(H,31,34)/b28-17+. The van der Waals surface area contributed by atoms with Gasteiger partial charge in [-0.05, 0) is 66.2 Å². The van der Waals surface area contributed by atoms with Crippen molar-refractivity contribution in [3.05, 3.63) is 82.0 Å². The largest absolute Gasteiger partial charge is 0.422 e. The van der Waals surface area contributed by atoms with Gasteiger partial charge >= 0.3 is 17.8 Å². The molecule has 2 aromatic carbocycles. The predicted octanol–water partition coefficient (Wildman–Crippen LogP) is 4.12. The van der Waals surface area contributed by atoms with E-state index >= 15 is 0 Å². The number of para-hydroxylation sites is 1. The maximum Gasteiger partial charge on any atom is 0.353 e. The van der Waals surface area contributed by atoms with Gasteiger partial charge in [-0.2, -0.15) is 5.10 Å². The summed E-state index contributed by atoms with van der Waals surface area (Å²) in [7, 11) is 0. The minimum atomic E-state index is -0.986. The zero-order valence-corrected chi connectivity index (χ0v) is 20.8. The van der Waals surface area contributed by atoms with E-state index < -0.39 is 17.8 Å². The average molecular weight is 519 g/mol. The maximum absolute atomic E-state index is 12.7. The molecule has 9 nitrogen and oxygen atoms in total. The number of nitrogens with one attached hydrogen (secondary N) is 3. The van der Waals surface area contributed by atoms with Gasteiger partial charge in [0, 0.05) is 6.04 Å². The van der Waals surface area contributed by atoms with Gasteiger partial charge in [-0.25, -0.2) is 10.2 Å². The van der Waals surface area contributed by atoms with Crippen molar-refractivity contribution in [2.24, 2.45) is 5.10 Å². The zero-order valence-electron chi connectivity index (χ0n) is 19.9. The maximum atomic E-state index is 12.7. The second kappa shape index (κ2) is 12.6. The highest BCUT2D eigenvalue weighted by molar-refractivity contribution is 7.12. The number of carbonyl (C=O) groups excluding carboxylic acids is 4. The molecule has 4 rings (SSSR count). The fraction of sp³-hybridized carbons (Fsp3) is 0.222. The molecule has 0 bridgehead atoms. The molecule has 37 heavy (non-hydrogen) atoms. The van der Waals surface area contributed by atoms with Gasteiger partial charge in [0.15, 0.2) is 0 Å². The van der Waals surface area contributed by atoms with Crippen LogP contribution in [-0.2, 0) is 9.59 Å². The normalized spacial score (nSPS) is 13.6. The molecule has 0 aliphatic heterocycles. The predicted molar refractivity (Wildman–Crippen MR) is 141 cm³/mol. The Balaban J connectivity index is 1.28. The van der Waals surface area contributed by atoms with E-state index in [1.165, 1.54) is 24.0 Å². The molecule has 1 saturated carbocycles. The van der Waals surface area contributed by atoms with Crippen LogP contribution in [-0.4, -0.2) is 35.9 Å². The number of nitrogens with zero attached hydrogens (tertiary/aromatic N) is 1. The minimum absolute atomic E-state index is 0.116. The lowest BCUT2D eigenvalue weighted by Crippen LogP contribution is -2.37. The number of hydrogen-bond donors (Lipinski definition) is 3. The Morgan fingerprint density at radius 2 is 1.65 bits per heavy atom. The molecule has 0 radical (unpaired) electrons. The molecule has 0 unspecified atom stereocenters. The number of esters is 1. The number of carbonyl (C=O) groups is 4. The number of hydrogen-bond acceptors (Lipinski definition) is 7. The second-order valence-corrected chi connectivity index (χ2v) is 9.39. The molecule has 0 spiro atoms. The summed E-state index contributed by atoms with van der Waals surface area (Å²) in [6, 6.07) is 16.6. The Labute approximate surface area is 217 Å². The summed E-state index contributed by atoms with van der Waals surface area (Å²) in [5.74, 6) is -2.30. The van der Waals surface area contributed by atoms with Crippen LogP contribution in [0.3, 0.4) is 0 Å². The lowest BCUT2D eigenvalue weighted by molar-refractivity contribution is -0.136. The van der Waals surface area contributed by atoms with Crippen molar-refractivity contribution in [2.45, 2.75) is 38.1 Å². The summed E-state index contributed by atoms with van der Waals surface area (Å²) in [6.45, 7) is 0. The van der Waals surface area contributed by atoms with Gasteiger partial charge < -0.3 is 15.4 Å². The fourth-order valence-electron chi connectivity index (χ4n) is 3.87. The summed E-state index contributed by atoms with van der Waals surface area (Å²) in [5, 5.41) is 11.1. The third-order valence-corrected chi connectivity index (χ3v) is 6.61. The van der Waals surface area contributed by atoms with E-state index in [4.69, 9.17) is 4.74 Å². The van der Waals surface area contributed by atoms with Gasteiger partial charge in [-0.3, -0.25) is 14.4 Å². The monoisotopic (exact) mass is 518 g/mol. The van der Waals surface area contributed by atoms with Crippen LogP contribution >= 0.6 is 11.3 Å². The number of amides is 3. The summed E-state index contributed by atoms with van der Waals surface area (Å²) in [5.41, 5.74) is 3.31. The molecule has 10 heteroatoms. The molecule has 0 saturated heterocycles. The summed E-state index contributed by atoms with van der Waals surface area (Å²) in [4.78, 5) is 49.9. The van der Waals surface area contributed by atoms with Crippen LogP contribution in [0.4, 0.5) is 5.69 Å². The number of benzene rings is 2. The van der Waals surface area contributed by atoms with Gasteiger partial charge in [0.05, 0.1) is 17.5 Å². The van der Waals surface area contributed by atoms with E-state index in [1.54, 1.807) is 66.0 Å². The van der Waals surface area contributed by atoms with Gasteiger partial charge in [0.25, 0.3) is 5.91 Å². The highest BCUT2D eigenvalue weighted by Crippen LogP contribution is 2.20. The van der Waals surface area contributed by atoms with Crippen molar-refractivity contribution in [2.75, 3.05) is 5.32 Å². The summed E-state index contributed by atoms with van der Waals surface area (Å²) < 4.78 is 5.29. The van der Waals surface area contributed by atoms with Crippen molar-refractivity contribution in [3.63, 3.8) is 0 Å². The number of thiophene rings is 1. The molecule has 3 aromatic rings. The van der Waals surface area contributed by atoms with E-state index in [2.05, 4.69) is 21.2 Å². The first-order valence-electron chi connectivity index (χ1n) is 11.9. The lowest BCUT2D eigenvalue weighted by Gasteiger charge is -2.23. The average Bonchev–Trinajstić information content (AvgIpc) is 3.46. The number of hydrazone groups is 1. The first-order valence-corrected chi connectivity index (χ1v) is 12.8. The molecule has 3 amide bonds. The Morgan fingerprint density at radius 1 is 0.892 bits per heavy atom. The minimum Gasteiger partial charge on any atom is -0.422 e. The van der Waals surface area contributed by atoms with E-state index in [0.717, 1.165) is 25.7 Å². The topological polar surface area (TPSA) is 126 Å². The third kappa shape index (κ3) is 7.34. The fourth-order valence-corrected chi connectivity index (χ4v) is 4.47. The van der Waals surface area contributed by atoms with Crippen LogP contribution in [0.15, 0.2) is 71.1 Å². The van der Waals surface area contributed by atoms with Crippen molar-refractivity contribution in [3.8, 4) is 5.75 Å². The van der Waals surface area contributed by atoms with Crippen LogP contribution in [0.1, 0.15) is 57.7 Å². The molecular weight excluding hydrogens is 492 g/mol. The van der Waals surface area contributed by atoms with Crippen LogP contribution in [0.5, 0.6) is 5.75 Å². The summed E-state index contributed by atoms with van der Waals surface area (Å²) >= 11 is 1.29. The smallest absolute Gasteiger partial charge is 0.353 e. The van der Waals surface area contributed by atoms with E-state index in [0.29, 0.717) is 16.2 Å². The Kier molecular flexibility index (Phi) is 8.77. The lowest BCUT2D eigenvalue weighted by atomic mass is 9.95. The molecule has 1 fully saturated rings. The highest BCUT2D eigenvalue weighted by Gasteiger charge is 2.21. The molecule has 1 aliphatic rings. The van der Waals surface area contributed by atoms with Crippen LogP contribution < -0.4 is 20.8 Å². The Bertz CT molecular complexity index is 1280. The van der Waals surface area contributed by atoms with Crippen LogP contribution in [0, 0.1) is 0 Å². The van der Waals surface area contributed by atoms with Crippen LogP contribution in [0.2, 0.25) is 0 Å². The third-order valence-electron chi connectivity index (χ3n) is 5.76. The second-order valence-electron chi connectivity index (χ2n) is 8.44. The molecular formula is C27H26N4O5S. The zero-order chi connectivity index (χ0) is 26.0. The first kappa shape index (κ1) is 25.8. The summed E-state index contributed by atoms with van der Waals surface area (Å²) in [6.07, 6.45) is 6.55. The van der Waals surface area contributed by atoms with Gasteiger partial charge in [0.1, 0.15) is 10.6 Å². The molecule has 1 heterocycles. The van der Waals surface area contributed by atoms with Crippen molar-refractivity contribution in [1.82, 2.24) is 10.7 Å². The number of rotatable bonds is 7. The quantitative estimate of drug-likeness (QED) is 0.143. The Hall–Kier alpha value is -4.31. The number of ether oxygens (including phenoxy) is 1. The molecule has 0 atom stereocenters. The molecule has 3 N–H and O–H groups in total. The molecule has 190 valence electrons. The Morgan fingerprint density at radius 3 is 2.38 bits per heavy atom. The molecule has 1 aliphatic carbocycles. The van der Waals surface area contributed by atoms with Gasteiger partial charge in [0.2, 0.25) is 0 Å².